The molecule has 2 rings (SSSR count). The zero-order chi connectivity index (χ0) is 11.9. The summed E-state index contributed by atoms with van der Waals surface area (Å²) in [5.41, 5.74) is 6.80. The lowest BCUT2D eigenvalue weighted by atomic mass is 9.86. The first-order chi connectivity index (χ1) is 7.43. The molecule has 16 heavy (non-hydrogen) atoms. The number of hydrogen-bond acceptors (Lipinski definition) is 2. The van der Waals surface area contributed by atoms with Crippen molar-refractivity contribution in [3.63, 3.8) is 0 Å². The normalized spacial score (nSPS) is 39.8. The molecule has 0 aromatic rings. The lowest BCUT2D eigenvalue weighted by molar-refractivity contribution is 0.124. The van der Waals surface area contributed by atoms with Crippen molar-refractivity contribution in [2.24, 2.45) is 17.1 Å². The summed E-state index contributed by atoms with van der Waals surface area (Å²) in [4.78, 5) is 2.73. The molecule has 1 aliphatic heterocycles. The molecular formula is C14H28N2. The summed E-state index contributed by atoms with van der Waals surface area (Å²) in [6, 6.07) is 1.79. The summed E-state index contributed by atoms with van der Waals surface area (Å²) in [5.74, 6) is 0.776. The maximum atomic E-state index is 6.46. The minimum atomic E-state index is 0.342. The highest BCUT2D eigenvalue weighted by Gasteiger charge is 2.45. The van der Waals surface area contributed by atoms with Crippen LogP contribution in [-0.2, 0) is 0 Å². The van der Waals surface area contributed by atoms with Crippen molar-refractivity contribution in [2.75, 3.05) is 6.54 Å². The molecule has 0 spiro atoms. The van der Waals surface area contributed by atoms with Crippen molar-refractivity contribution in [1.29, 1.82) is 0 Å². The van der Waals surface area contributed by atoms with Crippen LogP contribution >= 0.6 is 0 Å². The fraction of sp³-hybridized carbons (Fsp3) is 1.00. The molecule has 0 bridgehead atoms. The lowest BCUT2D eigenvalue weighted by Gasteiger charge is -2.37. The van der Waals surface area contributed by atoms with Crippen LogP contribution in [0.15, 0.2) is 0 Å². The molecule has 94 valence electrons. The van der Waals surface area contributed by atoms with Crippen molar-refractivity contribution in [2.45, 2.75) is 71.5 Å². The summed E-state index contributed by atoms with van der Waals surface area (Å²) in [5, 5.41) is 0. The predicted octanol–water partition coefficient (Wildman–Crippen LogP) is 2.62. The van der Waals surface area contributed by atoms with Crippen LogP contribution in [0.5, 0.6) is 0 Å². The minimum absolute atomic E-state index is 0.342. The molecule has 1 aliphatic carbocycles. The number of rotatable bonds is 2. The molecule has 2 nitrogen and oxygen atoms in total. The third-order valence-electron chi connectivity index (χ3n) is 4.94. The van der Waals surface area contributed by atoms with Crippen LogP contribution < -0.4 is 5.73 Å². The van der Waals surface area contributed by atoms with E-state index in [2.05, 4.69) is 32.6 Å². The number of likely N-dealkylation sites (tertiary alicyclic amines) is 1. The van der Waals surface area contributed by atoms with Gasteiger partial charge >= 0.3 is 0 Å². The highest BCUT2D eigenvalue weighted by molar-refractivity contribution is 5.02. The highest BCUT2D eigenvalue weighted by Crippen LogP contribution is 2.41. The van der Waals surface area contributed by atoms with Gasteiger partial charge in [-0.05, 0) is 43.6 Å². The molecule has 2 fully saturated rings. The van der Waals surface area contributed by atoms with Crippen molar-refractivity contribution in [3.05, 3.63) is 0 Å². The van der Waals surface area contributed by atoms with E-state index in [0.717, 1.165) is 12.0 Å². The molecule has 0 aromatic heterocycles. The van der Waals surface area contributed by atoms with Crippen LogP contribution in [-0.4, -0.2) is 29.6 Å². The standard InChI is InChI=1S/C14H28N2/c1-10(2)11-6-5-9-16(11)12-7-8-14(3,4)13(12)15/h10-13H,5-9,15H2,1-4H3. The molecular weight excluding hydrogens is 196 g/mol. The Bertz CT molecular complexity index is 245. The second-order valence-corrected chi connectivity index (χ2v) is 6.81. The van der Waals surface area contributed by atoms with Crippen molar-refractivity contribution in [1.82, 2.24) is 4.90 Å². The zero-order valence-electron chi connectivity index (χ0n) is 11.4. The van der Waals surface area contributed by atoms with Gasteiger partial charge in [-0.2, -0.15) is 0 Å². The van der Waals surface area contributed by atoms with Gasteiger partial charge in [0.15, 0.2) is 0 Å². The molecule has 3 atom stereocenters. The maximum absolute atomic E-state index is 6.46. The Kier molecular flexibility index (Phi) is 3.33. The largest absolute Gasteiger partial charge is 0.326 e. The van der Waals surface area contributed by atoms with Gasteiger partial charge in [0.1, 0.15) is 0 Å². The summed E-state index contributed by atoms with van der Waals surface area (Å²) < 4.78 is 0. The average molecular weight is 224 g/mol. The summed E-state index contributed by atoms with van der Waals surface area (Å²) in [6.07, 6.45) is 5.34. The third kappa shape index (κ3) is 2.02. The average Bonchev–Trinajstić information content (AvgIpc) is 2.74. The van der Waals surface area contributed by atoms with Gasteiger partial charge in [0, 0.05) is 18.1 Å². The van der Waals surface area contributed by atoms with E-state index >= 15 is 0 Å². The van der Waals surface area contributed by atoms with E-state index in [0.29, 0.717) is 17.5 Å². The van der Waals surface area contributed by atoms with E-state index in [9.17, 15) is 0 Å². The molecule has 2 aliphatic rings. The van der Waals surface area contributed by atoms with E-state index in [4.69, 9.17) is 5.73 Å². The van der Waals surface area contributed by atoms with Gasteiger partial charge in [0.25, 0.3) is 0 Å². The van der Waals surface area contributed by atoms with Gasteiger partial charge in [0.05, 0.1) is 0 Å². The quantitative estimate of drug-likeness (QED) is 0.781. The van der Waals surface area contributed by atoms with E-state index in [-0.39, 0.29) is 0 Å². The molecule has 2 N–H and O–H groups in total. The van der Waals surface area contributed by atoms with Gasteiger partial charge in [0.2, 0.25) is 0 Å². The molecule has 3 unspecified atom stereocenters. The Morgan fingerprint density at radius 3 is 2.44 bits per heavy atom. The highest BCUT2D eigenvalue weighted by atomic mass is 15.2. The van der Waals surface area contributed by atoms with Gasteiger partial charge in [-0.15, -0.1) is 0 Å². The molecule has 0 amide bonds. The van der Waals surface area contributed by atoms with E-state index in [1.807, 2.05) is 0 Å². The Hall–Kier alpha value is -0.0800. The van der Waals surface area contributed by atoms with Crippen LogP contribution in [0.3, 0.4) is 0 Å². The van der Waals surface area contributed by atoms with Crippen LogP contribution in [0.2, 0.25) is 0 Å². The molecule has 0 radical (unpaired) electrons. The monoisotopic (exact) mass is 224 g/mol. The van der Waals surface area contributed by atoms with Crippen molar-refractivity contribution >= 4 is 0 Å². The van der Waals surface area contributed by atoms with E-state index in [1.165, 1.54) is 32.2 Å². The summed E-state index contributed by atoms with van der Waals surface area (Å²) in [6.45, 7) is 10.6. The SMILES string of the molecule is CC(C)C1CCCN1C1CCC(C)(C)C1N. The first kappa shape index (κ1) is 12.4. The number of nitrogens with two attached hydrogens (primary N) is 1. The number of hydrogen-bond donors (Lipinski definition) is 1. The van der Waals surface area contributed by atoms with Crippen molar-refractivity contribution in [3.8, 4) is 0 Å². The Labute approximate surface area is 101 Å². The molecule has 2 heteroatoms. The molecule has 0 aromatic carbocycles. The Morgan fingerprint density at radius 1 is 1.25 bits per heavy atom. The second kappa shape index (κ2) is 4.30. The van der Waals surface area contributed by atoms with E-state index < -0.39 is 0 Å². The second-order valence-electron chi connectivity index (χ2n) is 6.81. The fourth-order valence-electron chi connectivity index (χ4n) is 3.70. The molecule has 1 heterocycles. The van der Waals surface area contributed by atoms with Gasteiger partial charge < -0.3 is 5.73 Å². The van der Waals surface area contributed by atoms with Crippen LogP contribution in [0.25, 0.3) is 0 Å². The third-order valence-corrected chi connectivity index (χ3v) is 4.94. The zero-order valence-corrected chi connectivity index (χ0v) is 11.4. The smallest absolute Gasteiger partial charge is 0.0255 e. The first-order valence-corrected chi connectivity index (χ1v) is 6.95. The summed E-state index contributed by atoms with van der Waals surface area (Å²) in [7, 11) is 0. The Morgan fingerprint density at radius 2 is 1.94 bits per heavy atom. The lowest BCUT2D eigenvalue weighted by Crippen LogP contribution is -2.51. The van der Waals surface area contributed by atoms with Crippen LogP contribution in [0, 0.1) is 11.3 Å². The van der Waals surface area contributed by atoms with Gasteiger partial charge in [-0.25, -0.2) is 0 Å². The van der Waals surface area contributed by atoms with Crippen LogP contribution in [0.1, 0.15) is 53.4 Å². The number of nitrogens with zero attached hydrogens (tertiary/aromatic N) is 1. The first-order valence-electron chi connectivity index (χ1n) is 6.95. The Balaban J connectivity index is 2.08. The van der Waals surface area contributed by atoms with Gasteiger partial charge in [-0.3, -0.25) is 4.90 Å². The fourth-order valence-corrected chi connectivity index (χ4v) is 3.70. The maximum Gasteiger partial charge on any atom is 0.0255 e. The van der Waals surface area contributed by atoms with E-state index in [1.54, 1.807) is 0 Å². The minimum Gasteiger partial charge on any atom is -0.326 e. The van der Waals surface area contributed by atoms with Gasteiger partial charge in [-0.1, -0.05) is 27.7 Å². The topological polar surface area (TPSA) is 29.3 Å². The van der Waals surface area contributed by atoms with Crippen LogP contribution in [0.4, 0.5) is 0 Å². The summed E-state index contributed by atoms with van der Waals surface area (Å²) >= 11 is 0. The predicted molar refractivity (Wildman–Crippen MR) is 69.3 cm³/mol. The van der Waals surface area contributed by atoms with Crippen molar-refractivity contribution < 1.29 is 0 Å². The molecule has 1 saturated carbocycles. The molecule has 1 saturated heterocycles.